The SMILES string of the molecule is CC.CC.CCCCc1nc2cc(/C=C/C(=O)NO)ccc2n1CCN(CC)CC. The maximum atomic E-state index is 11.2. The number of unbranched alkanes of at least 4 members (excludes halogenated alkanes) is 1. The first-order valence-corrected chi connectivity index (χ1v) is 11.5. The Morgan fingerprint density at radius 2 is 1.83 bits per heavy atom. The number of imidazole rings is 1. The van der Waals surface area contributed by atoms with E-state index in [0.29, 0.717) is 0 Å². The number of hydrogen-bond donors (Lipinski definition) is 2. The van der Waals surface area contributed by atoms with E-state index < -0.39 is 5.91 Å². The number of nitrogens with zero attached hydrogens (tertiary/aromatic N) is 3. The summed E-state index contributed by atoms with van der Waals surface area (Å²) in [5, 5.41) is 8.58. The first-order chi connectivity index (χ1) is 14.6. The van der Waals surface area contributed by atoms with Gasteiger partial charge in [0.1, 0.15) is 5.82 Å². The molecule has 0 aliphatic carbocycles. The molecule has 0 unspecified atom stereocenters. The van der Waals surface area contributed by atoms with Crippen molar-refractivity contribution in [3.63, 3.8) is 0 Å². The van der Waals surface area contributed by atoms with Gasteiger partial charge in [-0.3, -0.25) is 10.0 Å². The number of hydrogen-bond acceptors (Lipinski definition) is 4. The van der Waals surface area contributed by atoms with Crippen LogP contribution in [0.15, 0.2) is 24.3 Å². The molecule has 1 heterocycles. The normalized spacial score (nSPS) is 10.6. The number of aromatic nitrogens is 2. The third-order valence-corrected chi connectivity index (χ3v) is 4.68. The van der Waals surface area contributed by atoms with Crippen LogP contribution in [0.5, 0.6) is 0 Å². The molecule has 0 aliphatic heterocycles. The van der Waals surface area contributed by atoms with Gasteiger partial charge in [0.2, 0.25) is 0 Å². The summed E-state index contributed by atoms with van der Waals surface area (Å²) in [5.74, 6) is 0.585. The fourth-order valence-electron chi connectivity index (χ4n) is 3.07. The molecule has 6 heteroatoms. The smallest absolute Gasteiger partial charge is 0.267 e. The summed E-state index contributed by atoms with van der Waals surface area (Å²) in [7, 11) is 0. The van der Waals surface area contributed by atoms with Gasteiger partial charge in [-0.15, -0.1) is 0 Å². The van der Waals surface area contributed by atoms with Crippen molar-refractivity contribution in [2.24, 2.45) is 0 Å². The Morgan fingerprint density at radius 3 is 2.40 bits per heavy atom. The first kappa shape index (κ1) is 27.8. The fraction of sp³-hybridized carbons (Fsp3) is 0.583. The maximum absolute atomic E-state index is 11.2. The number of nitrogens with one attached hydrogen (secondary N) is 1. The Hall–Kier alpha value is -2.18. The molecule has 0 aliphatic rings. The molecule has 0 atom stereocenters. The zero-order chi connectivity index (χ0) is 22.9. The van der Waals surface area contributed by atoms with Crippen LogP contribution in [0.1, 0.15) is 72.7 Å². The zero-order valence-electron chi connectivity index (χ0n) is 20.0. The van der Waals surface area contributed by atoms with Crippen LogP contribution in [0.25, 0.3) is 17.1 Å². The predicted octanol–water partition coefficient (Wildman–Crippen LogP) is 5.29. The number of carbonyl (C=O) groups is 1. The second-order valence-electron chi connectivity index (χ2n) is 6.37. The summed E-state index contributed by atoms with van der Waals surface area (Å²) in [5.41, 5.74) is 4.56. The number of likely N-dealkylation sites (N-methyl/N-ethyl adjacent to an activating group) is 1. The van der Waals surface area contributed by atoms with Crippen molar-refractivity contribution in [2.45, 2.75) is 74.3 Å². The van der Waals surface area contributed by atoms with Crippen LogP contribution in [0.3, 0.4) is 0 Å². The van der Waals surface area contributed by atoms with Gasteiger partial charge in [-0.05, 0) is 43.3 Å². The third-order valence-electron chi connectivity index (χ3n) is 4.68. The monoisotopic (exact) mass is 418 g/mol. The third kappa shape index (κ3) is 8.67. The van der Waals surface area contributed by atoms with Crippen molar-refractivity contribution in [1.29, 1.82) is 0 Å². The molecule has 30 heavy (non-hydrogen) atoms. The molecule has 0 saturated carbocycles. The zero-order valence-corrected chi connectivity index (χ0v) is 20.0. The van der Waals surface area contributed by atoms with Crippen molar-refractivity contribution < 1.29 is 10.0 Å². The molecule has 0 fully saturated rings. The Morgan fingerprint density at radius 1 is 1.17 bits per heavy atom. The quantitative estimate of drug-likeness (QED) is 0.312. The highest BCUT2D eigenvalue weighted by molar-refractivity contribution is 5.91. The van der Waals surface area contributed by atoms with E-state index in [1.807, 2.05) is 39.8 Å². The number of fused-ring (bicyclic) bond motifs is 1. The minimum Gasteiger partial charge on any atom is -0.327 e. The van der Waals surface area contributed by atoms with Gasteiger partial charge in [0.15, 0.2) is 0 Å². The molecule has 1 aromatic heterocycles. The van der Waals surface area contributed by atoms with Gasteiger partial charge in [-0.1, -0.05) is 61.0 Å². The average Bonchev–Trinajstić information content (AvgIpc) is 3.15. The van der Waals surface area contributed by atoms with Crippen molar-refractivity contribution in [2.75, 3.05) is 19.6 Å². The van der Waals surface area contributed by atoms with Crippen LogP contribution >= 0.6 is 0 Å². The second kappa shape index (κ2) is 16.6. The van der Waals surface area contributed by atoms with Crippen LogP contribution in [0.2, 0.25) is 0 Å². The summed E-state index contributed by atoms with van der Waals surface area (Å²) in [4.78, 5) is 18.4. The van der Waals surface area contributed by atoms with Gasteiger partial charge >= 0.3 is 0 Å². The number of benzene rings is 1. The number of carbonyl (C=O) groups excluding carboxylic acids is 1. The maximum Gasteiger partial charge on any atom is 0.267 e. The number of amides is 1. The van der Waals surface area contributed by atoms with Crippen molar-refractivity contribution >= 4 is 23.0 Å². The molecular formula is C24H42N4O2. The van der Waals surface area contributed by atoms with Crippen LogP contribution < -0.4 is 5.48 Å². The summed E-state index contributed by atoms with van der Waals surface area (Å²) in [6, 6.07) is 6.03. The van der Waals surface area contributed by atoms with Crippen LogP contribution in [-0.2, 0) is 17.8 Å². The van der Waals surface area contributed by atoms with Crippen LogP contribution in [-0.4, -0.2) is 45.2 Å². The summed E-state index contributed by atoms with van der Waals surface area (Å²) < 4.78 is 2.33. The fourth-order valence-corrected chi connectivity index (χ4v) is 3.07. The van der Waals surface area contributed by atoms with Gasteiger partial charge in [0.25, 0.3) is 5.91 Å². The van der Waals surface area contributed by atoms with Crippen molar-refractivity contribution in [1.82, 2.24) is 19.9 Å². The lowest BCUT2D eigenvalue weighted by molar-refractivity contribution is -0.124. The van der Waals surface area contributed by atoms with E-state index in [0.717, 1.165) is 67.9 Å². The Bertz CT molecular complexity index is 749. The molecule has 2 N–H and O–H groups in total. The van der Waals surface area contributed by atoms with Gasteiger partial charge < -0.3 is 9.47 Å². The average molecular weight is 419 g/mol. The molecule has 0 saturated heterocycles. The standard InChI is InChI=1S/C20H30N4O2.2C2H6/c1-4-7-8-19-21-17-15-16(10-12-20(25)22-26)9-11-18(17)24(19)14-13-23(5-2)6-3;2*1-2/h9-12,15,26H,4-8,13-14H2,1-3H3,(H,22,25);2*1-2H3/b12-10+;;. The number of aryl methyl sites for hydroxylation is 1. The summed E-state index contributed by atoms with van der Waals surface area (Å²) in [6.45, 7) is 18.6. The van der Waals surface area contributed by atoms with E-state index in [-0.39, 0.29) is 0 Å². The van der Waals surface area contributed by atoms with E-state index in [4.69, 9.17) is 10.2 Å². The van der Waals surface area contributed by atoms with Gasteiger partial charge in [-0.2, -0.15) is 0 Å². The summed E-state index contributed by atoms with van der Waals surface area (Å²) >= 11 is 0. The highest BCUT2D eigenvalue weighted by atomic mass is 16.5. The molecule has 6 nitrogen and oxygen atoms in total. The lowest BCUT2D eigenvalue weighted by atomic mass is 10.2. The Kier molecular flexibility index (Phi) is 15.4. The number of hydroxylamine groups is 1. The van der Waals surface area contributed by atoms with E-state index in [2.05, 4.69) is 36.3 Å². The molecule has 0 radical (unpaired) electrons. The van der Waals surface area contributed by atoms with Gasteiger partial charge in [-0.25, -0.2) is 10.5 Å². The molecular weight excluding hydrogens is 376 g/mol. The number of rotatable bonds is 10. The minimum absolute atomic E-state index is 0.543. The van der Waals surface area contributed by atoms with Crippen LogP contribution in [0.4, 0.5) is 0 Å². The minimum atomic E-state index is -0.543. The predicted molar refractivity (Wildman–Crippen MR) is 128 cm³/mol. The van der Waals surface area contributed by atoms with Gasteiger partial charge in [0.05, 0.1) is 11.0 Å². The summed E-state index contributed by atoms with van der Waals surface area (Å²) in [6.07, 6.45) is 6.21. The Labute approximate surface area is 182 Å². The molecule has 1 aromatic carbocycles. The van der Waals surface area contributed by atoms with Crippen molar-refractivity contribution in [3.8, 4) is 0 Å². The molecule has 170 valence electrons. The van der Waals surface area contributed by atoms with E-state index in [9.17, 15) is 4.79 Å². The Balaban J connectivity index is 0.00000198. The molecule has 0 bridgehead atoms. The topological polar surface area (TPSA) is 70.4 Å². The van der Waals surface area contributed by atoms with Crippen LogP contribution in [0, 0.1) is 0 Å². The molecule has 2 rings (SSSR count). The second-order valence-corrected chi connectivity index (χ2v) is 6.37. The highest BCUT2D eigenvalue weighted by Crippen LogP contribution is 2.20. The molecule has 1 amide bonds. The molecule has 2 aromatic rings. The van der Waals surface area contributed by atoms with E-state index in [1.165, 1.54) is 6.08 Å². The first-order valence-electron chi connectivity index (χ1n) is 11.5. The lowest BCUT2D eigenvalue weighted by Crippen LogP contribution is -2.27. The molecule has 0 spiro atoms. The highest BCUT2D eigenvalue weighted by Gasteiger charge is 2.12. The van der Waals surface area contributed by atoms with Crippen molar-refractivity contribution in [3.05, 3.63) is 35.7 Å². The lowest BCUT2D eigenvalue weighted by Gasteiger charge is -2.19. The van der Waals surface area contributed by atoms with E-state index >= 15 is 0 Å². The van der Waals surface area contributed by atoms with E-state index in [1.54, 1.807) is 11.6 Å². The largest absolute Gasteiger partial charge is 0.327 e. The van der Waals surface area contributed by atoms with Gasteiger partial charge in [0, 0.05) is 25.6 Å².